The van der Waals surface area contributed by atoms with Crippen molar-refractivity contribution in [2.24, 2.45) is 10.2 Å². The second kappa shape index (κ2) is 5.77. The molecule has 0 radical (unpaired) electrons. The normalized spacial score (nSPS) is 12.9. The van der Waals surface area contributed by atoms with Crippen LogP contribution < -0.4 is 0 Å². The molecule has 1 atom stereocenters. The van der Waals surface area contributed by atoms with Gasteiger partial charge in [0.1, 0.15) is 0 Å². The third-order valence-electron chi connectivity index (χ3n) is 1.82. The molecule has 5 nitrogen and oxygen atoms in total. The number of halogens is 2. The maximum Gasteiger partial charge on any atom is 0.320 e. The molecule has 1 aromatic rings. The lowest BCUT2D eigenvalue weighted by Gasteiger charge is -1.99. The predicted molar refractivity (Wildman–Crippen MR) is 62.1 cm³/mol. The van der Waals surface area contributed by atoms with Gasteiger partial charge in [-0.2, -0.15) is 0 Å². The van der Waals surface area contributed by atoms with Gasteiger partial charge in [-0.1, -0.05) is 30.1 Å². The molecule has 0 fully saturated rings. The molecule has 0 aliphatic carbocycles. The molecule has 86 valence electrons. The Hall–Kier alpha value is -1.20. The third kappa shape index (κ3) is 3.43. The summed E-state index contributed by atoms with van der Waals surface area (Å²) in [6, 6.07) is 4.65. The van der Waals surface area contributed by atoms with Crippen LogP contribution in [0.15, 0.2) is 28.4 Å². The van der Waals surface area contributed by atoms with Gasteiger partial charge in [-0.25, -0.2) is 0 Å². The topological polar surface area (TPSA) is 67.9 Å². The lowest BCUT2D eigenvalue weighted by molar-refractivity contribution is -0.521. The number of nitro groups is 1. The van der Waals surface area contributed by atoms with Crippen LogP contribution >= 0.6 is 23.2 Å². The molecule has 0 bridgehead atoms. The van der Waals surface area contributed by atoms with Crippen molar-refractivity contribution in [3.63, 3.8) is 0 Å². The van der Waals surface area contributed by atoms with E-state index in [1.165, 1.54) is 6.07 Å². The molecule has 0 heterocycles. The molecule has 0 aliphatic rings. The van der Waals surface area contributed by atoms with Crippen LogP contribution in [0.1, 0.15) is 13.3 Å². The predicted octanol–water partition coefficient (Wildman–Crippen LogP) is 4.09. The van der Waals surface area contributed by atoms with E-state index in [1.54, 1.807) is 19.1 Å². The van der Waals surface area contributed by atoms with Crippen LogP contribution in [0.5, 0.6) is 0 Å². The molecule has 0 N–H and O–H groups in total. The summed E-state index contributed by atoms with van der Waals surface area (Å²) in [5, 5.41) is 18.6. The lowest BCUT2D eigenvalue weighted by atomic mass is 10.3. The van der Waals surface area contributed by atoms with Crippen LogP contribution in [0.4, 0.5) is 5.69 Å². The summed E-state index contributed by atoms with van der Waals surface area (Å²) >= 11 is 11.5. The van der Waals surface area contributed by atoms with Crippen molar-refractivity contribution in [1.29, 1.82) is 0 Å². The fourth-order valence-corrected chi connectivity index (χ4v) is 1.25. The van der Waals surface area contributed by atoms with Crippen molar-refractivity contribution in [3.8, 4) is 0 Å². The Morgan fingerprint density at radius 3 is 2.62 bits per heavy atom. The lowest BCUT2D eigenvalue weighted by Crippen LogP contribution is -2.14. The summed E-state index contributed by atoms with van der Waals surface area (Å²) < 4.78 is 0. The highest BCUT2D eigenvalue weighted by atomic mass is 35.5. The van der Waals surface area contributed by atoms with Gasteiger partial charge in [0, 0.05) is 11.3 Å². The highest BCUT2D eigenvalue weighted by Gasteiger charge is 2.14. The monoisotopic (exact) mass is 261 g/mol. The second-order valence-electron chi connectivity index (χ2n) is 2.99. The van der Waals surface area contributed by atoms with Gasteiger partial charge >= 0.3 is 6.17 Å². The summed E-state index contributed by atoms with van der Waals surface area (Å²) in [4.78, 5) is 9.99. The molecule has 0 saturated heterocycles. The van der Waals surface area contributed by atoms with E-state index in [4.69, 9.17) is 23.2 Å². The van der Waals surface area contributed by atoms with E-state index in [1.807, 2.05) is 0 Å². The molecule has 16 heavy (non-hydrogen) atoms. The summed E-state index contributed by atoms with van der Waals surface area (Å²) in [6.07, 6.45) is -0.730. The van der Waals surface area contributed by atoms with E-state index in [2.05, 4.69) is 10.2 Å². The van der Waals surface area contributed by atoms with E-state index in [0.717, 1.165) is 0 Å². The van der Waals surface area contributed by atoms with E-state index in [9.17, 15) is 10.1 Å². The fourth-order valence-electron chi connectivity index (χ4n) is 0.953. The van der Waals surface area contributed by atoms with Crippen LogP contribution in [-0.4, -0.2) is 11.1 Å². The molecular weight excluding hydrogens is 253 g/mol. The average Bonchev–Trinajstić information content (AvgIpc) is 2.23. The molecule has 1 aromatic carbocycles. The number of benzene rings is 1. The first-order valence-electron chi connectivity index (χ1n) is 4.54. The maximum absolute atomic E-state index is 10.5. The molecule has 7 heteroatoms. The Morgan fingerprint density at radius 2 is 2.12 bits per heavy atom. The van der Waals surface area contributed by atoms with Crippen molar-refractivity contribution in [3.05, 3.63) is 38.4 Å². The molecule has 0 aliphatic heterocycles. The molecule has 1 unspecified atom stereocenters. The fraction of sp³-hybridized carbons (Fsp3) is 0.333. The average molecular weight is 262 g/mol. The van der Waals surface area contributed by atoms with Crippen molar-refractivity contribution >= 4 is 28.9 Å². The Kier molecular flexibility index (Phi) is 4.64. The third-order valence-corrected chi connectivity index (χ3v) is 2.56. The van der Waals surface area contributed by atoms with Crippen LogP contribution in [0.3, 0.4) is 0 Å². The van der Waals surface area contributed by atoms with Crippen LogP contribution in [0, 0.1) is 10.1 Å². The summed E-state index contributed by atoms with van der Waals surface area (Å²) in [5.41, 5.74) is 0.440. The van der Waals surface area contributed by atoms with E-state index >= 15 is 0 Å². The number of hydrogen-bond acceptors (Lipinski definition) is 4. The summed E-state index contributed by atoms with van der Waals surface area (Å²) in [7, 11) is 0. The van der Waals surface area contributed by atoms with Crippen LogP contribution in [0.2, 0.25) is 10.0 Å². The Bertz CT molecular complexity index is 423. The smallest absolute Gasteiger partial charge is 0.262 e. The zero-order valence-corrected chi connectivity index (χ0v) is 9.94. The second-order valence-corrected chi connectivity index (χ2v) is 3.80. The molecular formula is C9H9Cl2N3O2. The maximum atomic E-state index is 10.5. The zero-order valence-electron chi connectivity index (χ0n) is 8.43. The van der Waals surface area contributed by atoms with Crippen LogP contribution in [-0.2, 0) is 0 Å². The van der Waals surface area contributed by atoms with Gasteiger partial charge < -0.3 is 0 Å². The van der Waals surface area contributed by atoms with E-state index < -0.39 is 11.1 Å². The first-order valence-corrected chi connectivity index (χ1v) is 5.29. The Morgan fingerprint density at radius 1 is 1.44 bits per heavy atom. The van der Waals surface area contributed by atoms with E-state index in [0.29, 0.717) is 15.7 Å². The number of azo groups is 1. The van der Waals surface area contributed by atoms with Crippen molar-refractivity contribution < 1.29 is 4.92 Å². The van der Waals surface area contributed by atoms with Crippen molar-refractivity contribution in [1.82, 2.24) is 0 Å². The Labute approximate surface area is 102 Å². The molecule has 0 spiro atoms. The van der Waals surface area contributed by atoms with Gasteiger partial charge in [-0.15, -0.1) is 10.2 Å². The quantitative estimate of drug-likeness (QED) is 0.465. The molecule has 0 saturated carbocycles. The summed E-state index contributed by atoms with van der Waals surface area (Å²) in [5.74, 6) is 0. The highest BCUT2D eigenvalue weighted by molar-refractivity contribution is 6.42. The number of rotatable bonds is 4. The van der Waals surface area contributed by atoms with Crippen molar-refractivity contribution in [2.75, 3.05) is 0 Å². The largest absolute Gasteiger partial charge is 0.320 e. The zero-order chi connectivity index (χ0) is 12.1. The standard InChI is InChI=1S/C9H9Cl2N3O2/c1-2-9(14(15)16)13-12-6-3-4-7(10)8(11)5-6/h3-5,9H,2H2,1H3. The van der Waals surface area contributed by atoms with Gasteiger partial charge in [0.2, 0.25) is 0 Å². The first-order chi connectivity index (χ1) is 7.54. The SMILES string of the molecule is CCC(N=Nc1ccc(Cl)c(Cl)c1)[N+](=O)[O-]. The molecule has 1 rings (SSSR count). The van der Waals surface area contributed by atoms with Gasteiger partial charge in [0.25, 0.3) is 0 Å². The van der Waals surface area contributed by atoms with E-state index in [-0.39, 0.29) is 6.42 Å². The summed E-state index contributed by atoms with van der Waals surface area (Å²) in [6.45, 7) is 1.67. The van der Waals surface area contributed by atoms with Gasteiger partial charge in [-0.3, -0.25) is 10.1 Å². The van der Waals surface area contributed by atoms with Gasteiger partial charge in [-0.05, 0) is 18.2 Å². The number of hydrogen-bond donors (Lipinski definition) is 0. The molecule has 0 amide bonds. The van der Waals surface area contributed by atoms with Gasteiger partial charge in [0.05, 0.1) is 15.7 Å². The minimum atomic E-state index is -1.02. The number of nitrogens with zero attached hydrogens (tertiary/aromatic N) is 3. The highest BCUT2D eigenvalue weighted by Crippen LogP contribution is 2.26. The minimum Gasteiger partial charge on any atom is -0.262 e. The molecule has 0 aromatic heterocycles. The minimum absolute atomic E-state index is 0.290. The van der Waals surface area contributed by atoms with Gasteiger partial charge in [0.15, 0.2) is 0 Å². The Balaban J connectivity index is 2.83. The van der Waals surface area contributed by atoms with Crippen LogP contribution in [0.25, 0.3) is 0 Å². The first kappa shape index (κ1) is 12.9. The van der Waals surface area contributed by atoms with Crippen molar-refractivity contribution in [2.45, 2.75) is 19.5 Å².